The van der Waals surface area contributed by atoms with Crippen molar-refractivity contribution in [1.29, 1.82) is 0 Å². The molecule has 1 atom stereocenters. The molecule has 0 bridgehead atoms. The van der Waals surface area contributed by atoms with E-state index in [1.165, 1.54) is 0 Å². The third-order valence-electron chi connectivity index (χ3n) is 5.57. The average molecular weight is 375 g/mol. The summed E-state index contributed by atoms with van der Waals surface area (Å²) in [5.74, 6) is -0.603. The van der Waals surface area contributed by atoms with Crippen molar-refractivity contribution in [2.75, 3.05) is 6.61 Å². The zero-order chi connectivity index (χ0) is 19.7. The summed E-state index contributed by atoms with van der Waals surface area (Å²) in [5, 5.41) is 5.51. The summed E-state index contributed by atoms with van der Waals surface area (Å²) in [6.45, 7) is 4.25. The van der Waals surface area contributed by atoms with E-state index in [2.05, 4.69) is 23.5 Å². The van der Waals surface area contributed by atoms with E-state index in [0.717, 1.165) is 52.6 Å². The number of allylic oxidation sites excluding steroid dienone is 3. The molecule has 28 heavy (non-hydrogen) atoms. The first kappa shape index (κ1) is 18.5. The second kappa shape index (κ2) is 7.63. The molecule has 1 aliphatic carbocycles. The van der Waals surface area contributed by atoms with Crippen LogP contribution < -0.4 is 5.32 Å². The van der Waals surface area contributed by atoms with E-state index in [9.17, 15) is 9.59 Å². The maximum absolute atomic E-state index is 13.0. The topological polar surface area (TPSA) is 55.4 Å². The molecule has 1 N–H and O–H groups in total. The van der Waals surface area contributed by atoms with Gasteiger partial charge >= 0.3 is 5.97 Å². The van der Waals surface area contributed by atoms with Crippen molar-refractivity contribution in [2.45, 2.75) is 45.4 Å². The maximum Gasteiger partial charge on any atom is 0.336 e. The third kappa shape index (κ3) is 3.13. The van der Waals surface area contributed by atoms with Crippen LogP contribution in [-0.4, -0.2) is 18.4 Å². The number of esters is 1. The van der Waals surface area contributed by atoms with Gasteiger partial charge in [-0.1, -0.05) is 49.4 Å². The van der Waals surface area contributed by atoms with Gasteiger partial charge in [-0.05, 0) is 42.5 Å². The number of hydrogen-bond acceptors (Lipinski definition) is 4. The zero-order valence-corrected chi connectivity index (χ0v) is 16.4. The molecule has 0 saturated heterocycles. The molecule has 0 fully saturated rings. The van der Waals surface area contributed by atoms with Gasteiger partial charge in [0.15, 0.2) is 5.78 Å². The lowest BCUT2D eigenvalue weighted by atomic mass is 9.74. The SMILES string of the molecule is CCCOC(=O)C1=C(C)NC2=C(C(=O)CCC2)[C@H]1c1cccc2ccccc12. The average Bonchev–Trinajstić information content (AvgIpc) is 2.71. The number of hydrogen-bond donors (Lipinski definition) is 1. The standard InChI is InChI=1S/C24H25NO3/c1-3-14-28-24(27)21-15(2)25-19-12-7-13-20(26)23(19)22(21)18-11-6-9-16-8-4-5-10-17(16)18/h4-6,8-11,22,25H,3,7,12-14H2,1-2H3/t22-/m0/s1. The number of benzene rings is 2. The summed E-state index contributed by atoms with van der Waals surface area (Å²) in [7, 11) is 0. The number of fused-ring (bicyclic) bond motifs is 1. The number of ether oxygens (including phenoxy) is 1. The quantitative estimate of drug-likeness (QED) is 0.783. The molecule has 4 heteroatoms. The minimum atomic E-state index is -0.389. The van der Waals surface area contributed by atoms with Crippen LogP contribution in [0.3, 0.4) is 0 Å². The number of Topliss-reactive ketones (excluding diaryl/α,β-unsaturated/α-hetero) is 1. The van der Waals surface area contributed by atoms with E-state index in [1.54, 1.807) is 0 Å². The molecule has 0 spiro atoms. The molecule has 2 aromatic rings. The summed E-state index contributed by atoms with van der Waals surface area (Å²) < 4.78 is 5.51. The molecule has 0 unspecified atom stereocenters. The van der Waals surface area contributed by atoms with Crippen LogP contribution in [0.15, 0.2) is 65.0 Å². The Bertz CT molecular complexity index is 1010. The summed E-state index contributed by atoms with van der Waals surface area (Å²) in [6.07, 6.45) is 2.96. The molecule has 2 aromatic carbocycles. The van der Waals surface area contributed by atoms with Crippen molar-refractivity contribution in [3.63, 3.8) is 0 Å². The zero-order valence-electron chi connectivity index (χ0n) is 16.4. The fourth-order valence-corrected chi connectivity index (χ4v) is 4.34. The predicted molar refractivity (Wildman–Crippen MR) is 110 cm³/mol. The van der Waals surface area contributed by atoms with Gasteiger partial charge < -0.3 is 10.1 Å². The van der Waals surface area contributed by atoms with E-state index in [0.29, 0.717) is 18.6 Å². The fourth-order valence-electron chi connectivity index (χ4n) is 4.34. The Morgan fingerprint density at radius 2 is 1.93 bits per heavy atom. The van der Waals surface area contributed by atoms with Crippen LogP contribution in [0.25, 0.3) is 10.8 Å². The van der Waals surface area contributed by atoms with Crippen molar-refractivity contribution in [3.8, 4) is 0 Å². The molecule has 4 rings (SSSR count). The van der Waals surface area contributed by atoms with Crippen LogP contribution in [-0.2, 0) is 14.3 Å². The Kier molecular flexibility index (Phi) is 5.03. The molecule has 0 aromatic heterocycles. The number of carbonyl (C=O) groups is 2. The highest BCUT2D eigenvalue weighted by Gasteiger charge is 2.39. The van der Waals surface area contributed by atoms with E-state index >= 15 is 0 Å². The molecule has 2 aliphatic rings. The summed E-state index contributed by atoms with van der Waals surface area (Å²) in [5.41, 5.74) is 4.02. The van der Waals surface area contributed by atoms with Gasteiger partial charge in [-0.3, -0.25) is 4.79 Å². The number of rotatable bonds is 4. The van der Waals surface area contributed by atoms with Crippen molar-refractivity contribution in [1.82, 2.24) is 5.32 Å². The molecule has 0 amide bonds. The summed E-state index contributed by atoms with van der Waals surface area (Å²) in [4.78, 5) is 26.0. The third-order valence-corrected chi connectivity index (χ3v) is 5.57. The number of ketones is 1. The van der Waals surface area contributed by atoms with Gasteiger partial charge in [0.05, 0.1) is 12.2 Å². The lowest BCUT2D eigenvalue weighted by molar-refractivity contribution is -0.139. The van der Waals surface area contributed by atoms with Gasteiger partial charge in [-0.25, -0.2) is 4.79 Å². The molecule has 1 heterocycles. The van der Waals surface area contributed by atoms with E-state index in [-0.39, 0.29) is 17.7 Å². The largest absolute Gasteiger partial charge is 0.462 e. The lowest BCUT2D eigenvalue weighted by Gasteiger charge is -2.34. The van der Waals surface area contributed by atoms with E-state index in [1.807, 2.05) is 38.1 Å². The highest BCUT2D eigenvalue weighted by Crippen LogP contribution is 2.44. The van der Waals surface area contributed by atoms with Crippen LogP contribution in [0.1, 0.15) is 51.0 Å². The second-order valence-electron chi connectivity index (χ2n) is 7.47. The van der Waals surface area contributed by atoms with Crippen molar-refractivity contribution in [3.05, 3.63) is 70.6 Å². The van der Waals surface area contributed by atoms with Crippen LogP contribution >= 0.6 is 0 Å². The van der Waals surface area contributed by atoms with Crippen molar-refractivity contribution < 1.29 is 14.3 Å². The van der Waals surface area contributed by atoms with Gasteiger partial charge in [0.25, 0.3) is 0 Å². The molecule has 4 nitrogen and oxygen atoms in total. The number of carbonyl (C=O) groups excluding carboxylic acids is 2. The van der Waals surface area contributed by atoms with Crippen molar-refractivity contribution in [2.24, 2.45) is 0 Å². The van der Waals surface area contributed by atoms with Crippen LogP contribution in [0.2, 0.25) is 0 Å². The van der Waals surface area contributed by atoms with Gasteiger partial charge in [0.1, 0.15) is 0 Å². The number of dihydropyridines is 1. The predicted octanol–water partition coefficient (Wildman–Crippen LogP) is 4.76. The first-order chi connectivity index (χ1) is 13.6. The number of nitrogens with one attached hydrogen (secondary N) is 1. The summed E-state index contributed by atoms with van der Waals surface area (Å²) in [6, 6.07) is 14.2. The Labute approximate surface area is 165 Å². The first-order valence-electron chi connectivity index (χ1n) is 10.0. The van der Waals surface area contributed by atoms with E-state index < -0.39 is 0 Å². The Morgan fingerprint density at radius 3 is 2.75 bits per heavy atom. The van der Waals surface area contributed by atoms with Gasteiger partial charge in [-0.15, -0.1) is 0 Å². The molecular formula is C24H25NO3. The fraction of sp³-hybridized carbons (Fsp3) is 0.333. The smallest absolute Gasteiger partial charge is 0.336 e. The Balaban J connectivity index is 1.93. The normalized spacial score (nSPS) is 19.5. The molecular weight excluding hydrogens is 350 g/mol. The van der Waals surface area contributed by atoms with Crippen LogP contribution in [0, 0.1) is 0 Å². The highest BCUT2D eigenvalue weighted by molar-refractivity contribution is 6.05. The monoisotopic (exact) mass is 375 g/mol. The molecule has 0 saturated carbocycles. The van der Waals surface area contributed by atoms with Crippen LogP contribution in [0.5, 0.6) is 0 Å². The van der Waals surface area contributed by atoms with E-state index in [4.69, 9.17) is 4.74 Å². The summed E-state index contributed by atoms with van der Waals surface area (Å²) >= 11 is 0. The van der Waals surface area contributed by atoms with Crippen molar-refractivity contribution >= 4 is 22.5 Å². The minimum absolute atomic E-state index is 0.125. The molecule has 144 valence electrons. The maximum atomic E-state index is 13.0. The Morgan fingerprint density at radius 1 is 1.14 bits per heavy atom. The highest BCUT2D eigenvalue weighted by atomic mass is 16.5. The Hall–Kier alpha value is -2.88. The second-order valence-corrected chi connectivity index (χ2v) is 7.47. The minimum Gasteiger partial charge on any atom is -0.462 e. The van der Waals surface area contributed by atoms with Crippen LogP contribution in [0.4, 0.5) is 0 Å². The molecule has 1 aliphatic heterocycles. The lowest BCUT2D eigenvalue weighted by Crippen LogP contribution is -2.34. The molecule has 0 radical (unpaired) electrons. The van der Waals surface area contributed by atoms with Gasteiger partial charge in [-0.2, -0.15) is 0 Å². The van der Waals surface area contributed by atoms with Gasteiger partial charge in [0, 0.05) is 29.3 Å². The first-order valence-corrected chi connectivity index (χ1v) is 10.0. The van der Waals surface area contributed by atoms with Gasteiger partial charge in [0.2, 0.25) is 0 Å².